The molecule has 0 unspecified atom stereocenters. The summed E-state index contributed by atoms with van der Waals surface area (Å²) in [5, 5.41) is 0. The number of aryl methyl sites for hydroxylation is 4. The third-order valence-corrected chi connectivity index (χ3v) is 5.66. The fraction of sp³-hybridized carbons (Fsp3) is 0.273. The second-order valence-electron chi connectivity index (χ2n) is 6.69. The maximum absolute atomic E-state index is 12.6. The molecule has 1 amide bonds. The van der Waals surface area contributed by atoms with E-state index in [0.29, 0.717) is 17.8 Å². The van der Waals surface area contributed by atoms with Crippen LogP contribution in [0.2, 0.25) is 0 Å². The third kappa shape index (κ3) is 3.63. The van der Waals surface area contributed by atoms with Crippen LogP contribution in [0, 0.1) is 40.0 Å². The minimum Gasteiger partial charge on any atom is -0.305 e. The Balaban J connectivity index is 2.05. The summed E-state index contributed by atoms with van der Waals surface area (Å²) < 4.78 is 3.05. The number of carbonyl (C=O) groups is 1. The molecule has 0 radical (unpaired) electrons. The number of benzene rings is 2. The number of carbonyl (C=O) groups excluding carboxylic acids is 1. The topological polar surface area (TPSA) is 34.4 Å². The predicted octanol–water partition coefficient (Wildman–Crippen LogP) is 4.24. The number of aromatic nitrogens is 1. The summed E-state index contributed by atoms with van der Waals surface area (Å²) in [5.74, 6) is 2.53. The summed E-state index contributed by atoms with van der Waals surface area (Å²) in [6.07, 6.45) is 5.85. The van der Waals surface area contributed by atoms with Crippen molar-refractivity contribution in [3.8, 4) is 12.3 Å². The zero-order valence-corrected chi connectivity index (χ0v) is 16.4. The standard InChI is InChI=1S/C22H22N2OS/c1-6-9-24-19-11-16(4)17(5)12-20(19)26-22(24)23-21(25)13-18-10-14(2)7-8-15(18)3/h1,7-8,10-12H,9,13H2,2-5H3. The van der Waals surface area contributed by atoms with Crippen molar-refractivity contribution in [3.05, 3.63) is 63.0 Å². The van der Waals surface area contributed by atoms with Crippen molar-refractivity contribution in [2.45, 2.75) is 40.7 Å². The fourth-order valence-corrected chi connectivity index (χ4v) is 4.08. The first-order chi connectivity index (χ1) is 12.4. The molecule has 1 heterocycles. The van der Waals surface area contributed by atoms with E-state index in [1.165, 1.54) is 22.5 Å². The van der Waals surface area contributed by atoms with Gasteiger partial charge in [-0.15, -0.1) is 6.42 Å². The maximum atomic E-state index is 12.6. The van der Waals surface area contributed by atoms with Gasteiger partial charge in [0.1, 0.15) is 0 Å². The Labute approximate surface area is 158 Å². The third-order valence-electron chi connectivity index (χ3n) is 4.61. The van der Waals surface area contributed by atoms with Gasteiger partial charge in [-0.2, -0.15) is 4.99 Å². The van der Waals surface area contributed by atoms with Crippen molar-refractivity contribution in [1.82, 2.24) is 4.57 Å². The lowest BCUT2D eigenvalue weighted by molar-refractivity contribution is -0.117. The van der Waals surface area contributed by atoms with Gasteiger partial charge in [0, 0.05) is 0 Å². The highest BCUT2D eigenvalue weighted by Crippen LogP contribution is 2.22. The molecule has 0 aliphatic rings. The molecule has 0 fully saturated rings. The summed E-state index contributed by atoms with van der Waals surface area (Å²) in [7, 11) is 0. The second kappa shape index (κ2) is 7.31. The van der Waals surface area contributed by atoms with Crippen LogP contribution >= 0.6 is 11.3 Å². The van der Waals surface area contributed by atoms with E-state index in [1.807, 2.05) is 24.5 Å². The van der Waals surface area contributed by atoms with E-state index in [0.717, 1.165) is 26.9 Å². The van der Waals surface area contributed by atoms with Crippen molar-refractivity contribution in [2.24, 2.45) is 4.99 Å². The van der Waals surface area contributed by atoms with Gasteiger partial charge in [0.05, 0.1) is 23.2 Å². The van der Waals surface area contributed by atoms with Crippen molar-refractivity contribution in [3.63, 3.8) is 0 Å². The number of hydrogen-bond donors (Lipinski definition) is 0. The maximum Gasteiger partial charge on any atom is 0.252 e. The van der Waals surface area contributed by atoms with Gasteiger partial charge in [-0.05, 0) is 62.1 Å². The van der Waals surface area contributed by atoms with Crippen LogP contribution in [0.1, 0.15) is 27.8 Å². The normalized spacial score (nSPS) is 11.7. The largest absolute Gasteiger partial charge is 0.305 e. The van der Waals surface area contributed by atoms with E-state index in [1.54, 1.807) is 0 Å². The van der Waals surface area contributed by atoms with Gasteiger partial charge in [-0.1, -0.05) is 41.0 Å². The molecule has 0 N–H and O–H groups in total. The van der Waals surface area contributed by atoms with Crippen molar-refractivity contribution >= 4 is 27.5 Å². The minimum atomic E-state index is -0.149. The van der Waals surface area contributed by atoms with Crippen LogP contribution in [0.3, 0.4) is 0 Å². The Hall–Kier alpha value is -2.64. The molecule has 2 aromatic carbocycles. The van der Waals surface area contributed by atoms with Gasteiger partial charge < -0.3 is 4.57 Å². The molecule has 0 saturated carbocycles. The van der Waals surface area contributed by atoms with E-state index in [4.69, 9.17) is 6.42 Å². The number of thiazole rings is 1. The average Bonchev–Trinajstić information content (AvgIpc) is 2.88. The van der Waals surface area contributed by atoms with E-state index in [-0.39, 0.29) is 5.91 Å². The molecule has 0 bridgehead atoms. The summed E-state index contributed by atoms with van der Waals surface area (Å²) in [6, 6.07) is 10.4. The minimum absolute atomic E-state index is 0.149. The fourth-order valence-electron chi connectivity index (χ4n) is 2.95. The molecule has 3 aromatic rings. The Bertz CT molecular complexity index is 1110. The van der Waals surface area contributed by atoms with E-state index >= 15 is 0 Å². The van der Waals surface area contributed by atoms with Crippen molar-refractivity contribution in [2.75, 3.05) is 0 Å². The first-order valence-electron chi connectivity index (χ1n) is 8.57. The lowest BCUT2D eigenvalue weighted by atomic mass is 10.0. The Morgan fingerprint density at radius 2 is 1.85 bits per heavy atom. The molecule has 1 aromatic heterocycles. The molecule has 0 aliphatic carbocycles. The van der Waals surface area contributed by atoms with Gasteiger partial charge in [0.15, 0.2) is 4.80 Å². The van der Waals surface area contributed by atoms with Crippen LogP contribution in [-0.4, -0.2) is 10.5 Å². The van der Waals surface area contributed by atoms with E-state index in [9.17, 15) is 4.79 Å². The lowest BCUT2D eigenvalue weighted by Crippen LogP contribution is -2.17. The first kappa shape index (κ1) is 18.2. The van der Waals surface area contributed by atoms with Crippen LogP contribution in [0.4, 0.5) is 0 Å². The van der Waals surface area contributed by atoms with Crippen LogP contribution in [-0.2, 0) is 17.8 Å². The second-order valence-corrected chi connectivity index (χ2v) is 7.70. The highest BCUT2D eigenvalue weighted by molar-refractivity contribution is 7.16. The Morgan fingerprint density at radius 1 is 1.12 bits per heavy atom. The van der Waals surface area contributed by atoms with E-state index in [2.05, 4.69) is 49.0 Å². The molecule has 0 atom stereocenters. The molecule has 0 saturated heterocycles. The van der Waals surface area contributed by atoms with E-state index < -0.39 is 0 Å². The van der Waals surface area contributed by atoms with Gasteiger partial charge in [-0.25, -0.2) is 0 Å². The number of amides is 1. The van der Waals surface area contributed by atoms with Crippen molar-refractivity contribution in [1.29, 1.82) is 0 Å². The summed E-state index contributed by atoms with van der Waals surface area (Å²) >= 11 is 1.51. The van der Waals surface area contributed by atoms with Gasteiger partial charge in [0.2, 0.25) is 0 Å². The number of nitrogens with zero attached hydrogens (tertiary/aromatic N) is 2. The molecule has 0 aliphatic heterocycles. The SMILES string of the molecule is C#CCn1c(=NC(=O)Cc2cc(C)ccc2C)sc2cc(C)c(C)cc21. The molecular weight excluding hydrogens is 340 g/mol. The van der Waals surface area contributed by atoms with Crippen LogP contribution in [0.15, 0.2) is 35.3 Å². The first-order valence-corrected chi connectivity index (χ1v) is 9.38. The highest BCUT2D eigenvalue weighted by atomic mass is 32.1. The van der Waals surface area contributed by atoms with Gasteiger partial charge in [0.25, 0.3) is 5.91 Å². The number of rotatable bonds is 3. The zero-order valence-electron chi connectivity index (χ0n) is 15.6. The number of hydrogen-bond acceptors (Lipinski definition) is 2. The van der Waals surface area contributed by atoms with Crippen LogP contribution in [0.25, 0.3) is 10.2 Å². The zero-order chi connectivity index (χ0) is 18.8. The van der Waals surface area contributed by atoms with Crippen molar-refractivity contribution < 1.29 is 4.79 Å². The smallest absolute Gasteiger partial charge is 0.252 e. The molecule has 132 valence electrons. The predicted molar refractivity (Wildman–Crippen MR) is 108 cm³/mol. The monoisotopic (exact) mass is 362 g/mol. The highest BCUT2D eigenvalue weighted by Gasteiger charge is 2.10. The Kier molecular flexibility index (Phi) is 5.11. The Morgan fingerprint density at radius 3 is 2.58 bits per heavy atom. The van der Waals surface area contributed by atoms with Crippen LogP contribution < -0.4 is 4.80 Å². The summed E-state index contributed by atoms with van der Waals surface area (Å²) in [6.45, 7) is 8.61. The molecule has 3 rings (SSSR count). The van der Waals surface area contributed by atoms with Gasteiger partial charge in [-0.3, -0.25) is 4.79 Å². The van der Waals surface area contributed by atoms with Gasteiger partial charge >= 0.3 is 0 Å². The number of fused-ring (bicyclic) bond motifs is 1. The molecule has 26 heavy (non-hydrogen) atoms. The quantitative estimate of drug-likeness (QED) is 0.642. The van der Waals surface area contributed by atoms with Crippen LogP contribution in [0.5, 0.6) is 0 Å². The molecule has 4 heteroatoms. The molecule has 0 spiro atoms. The summed E-state index contributed by atoms with van der Waals surface area (Å²) in [4.78, 5) is 17.6. The number of terminal acetylenes is 1. The lowest BCUT2D eigenvalue weighted by Gasteiger charge is -2.05. The average molecular weight is 362 g/mol. The molecule has 3 nitrogen and oxygen atoms in total. The molecular formula is C22H22N2OS. The summed E-state index contributed by atoms with van der Waals surface area (Å²) in [5.41, 5.74) is 6.74.